The summed E-state index contributed by atoms with van der Waals surface area (Å²) in [5, 5.41) is 4.44. The van der Waals surface area contributed by atoms with E-state index < -0.39 is 0 Å². The van der Waals surface area contributed by atoms with Gasteiger partial charge in [-0.25, -0.2) is 0 Å². The van der Waals surface area contributed by atoms with Gasteiger partial charge in [0.05, 0.1) is 0 Å². The van der Waals surface area contributed by atoms with Gasteiger partial charge >= 0.3 is 0 Å². The van der Waals surface area contributed by atoms with Crippen molar-refractivity contribution >= 4 is 22.7 Å². The molecular formula is C27H23AuN3-2. The molecule has 31 heavy (non-hydrogen) atoms. The van der Waals surface area contributed by atoms with Crippen LogP contribution < -0.4 is 9.80 Å². The van der Waals surface area contributed by atoms with E-state index in [1.54, 1.807) is 0 Å². The molecule has 5 rings (SSSR count). The Morgan fingerprint density at radius 2 is 0.774 bits per heavy atom. The first-order valence-electron chi connectivity index (χ1n) is 9.90. The maximum absolute atomic E-state index is 4.44. The smallest absolute Gasteiger partial charge is 0.0124 e. The third-order valence-electron chi connectivity index (χ3n) is 4.52. The van der Waals surface area contributed by atoms with Gasteiger partial charge in [0.15, 0.2) is 0 Å². The van der Waals surface area contributed by atoms with Gasteiger partial charge in [-0.1, -0.05) is 97.1 Å². The minimum atomic E-state index is 0. The summed E-state index contributed by atoms with van der Waals surface area (Å²) in [4.78, 5) is 4.21. The number of anilines is 2. The standard InChI is InChI=1S/C15H13N2.C12H10N.Au/c1-3-7-14(8-4-1)16-11-12-17(13-16)15-9-5-2-6-10-15;1-3-7-11(8-4-1)13-12-9-5-2-6-10-12;/h1-13H;1-10H;/q2*-1;. The van der Waals surface area contributed by atoms with Crippen molar-refractivity contribution in [2.45, 2.75) is 0 Å². The van der Waals surface area contributed by atoms with Crippen molar-refractivity contribution in [3.63, 3.8) is 0 Å². The molecule has 3 nitrogen and oxygen atoms in total. The SMILES string of the molecule is C1=CN(c2ccccc2)[CH-]N1c1ccccc1.[Au].c1ccc([N-]c2ccccc2)cc1. The normalized spacial score (nSPS) is 11.9. The molecule has 0 aliphatic carbocycles. The molecule has 0 atom stereocenters. The number of para-hydroxylation sites is 4. The molecule has 0 amide bonds. The molecule has 1 aliphatic rings. The molecule has 4 aromatic carbocycles. The van der Waals surface area contributed by atoms with E-state index in [1.165, 1.54) is 11.4 Å². The maximum Gasteiger partial charge on any atom is 0.0124 e. The van der Waals surface area contributed by atoms with E-state index in [4.69, 9.17) is 0 Å². The molecule has 4 heteroatoms. The van der Waals surface area contributed by atoms with Crippen LogP contribution in [0.25, 0.3) is 5.32 Å². The summed E-state index contributed by atoms with van der Waals surface area (Å²) in [6.45, 7) is 2.07. The van der Waals surface area contributed by atoms with Gasteiger partial charge in [0.1, 0.15) is 0 Å². The van der Waals surface area contributed by atoms with Crippen molar-refractivity contribution in [1.82, 2.24) is 0 Å². The fourth-order valence-electron chi connectivity index (χ4n) is 3.01. The van der Waals surface area contributed by atoms with Crippen molar-refractivity contribution in [3.05, 3.63) is 146 Å². The van der Waals surface area contributed by atoms with Crippen molar-refractivity contribution in [1.29, 1.82) is 0 Å². The zero-order chi connectivity index (χ0) is 20.4. The second kappa shape index (κ2) is 11.8. The van der Waals surface area contributed by atoms with Crippen LogP contribution in [0.1, 0.15) is 0 Å². The molecule has 1 heterocycles. The summed E-state index contributed by atoms with van der Waals surface area (Å²) >= 11 is 0. The molecule has 0 fully saturated rings. The minimum Gasteiger partial charge on any atom is -0.658 e. The maximum atomic E-state index is 4.44. The quantitative estimate of drug-likeness (QED) is 0.181. The van der Waals surface area contributed by atoms with Crippen molar-refractivity contribution in [2.24, 2.45) is 0 Å². The van der Waals surface area contributed by atoms with Gasteiger partial charge in [-0.2, -0.15) is 0 Å². The van der Waals surface area contributed by atoms with E-state index in [0.717, 1.165) is 11.4 Å². The van der Waals surface area contributed by atoms with Crippen molar-refractivity contribution in [2.75, 3.05) is 9.80 Å². The largest absolute Gasteiger partial charge is 0.658 e. The molecule has 0 bridgehead atoms. The van der Waals surface area contributed by atoms with Gasteiger partial charge < -0.3 is 15.1 Å². The predicted molar refractivity (Wildman–Crippen MR) is 127 cm³/mol. The van der Waals surface area contributed by atoms with Gasteiger partial charge in [-0.15, -0.1) is 18.0 Å². The molecule has 159 valence electrons. The van der Waals surface area contributed by atoms with Crippen LogP contribution in [-0.4, -0.2) is 0 Å². The molecule has 4 aromatic rings. The van der Waals surface area contributed by atoms with Crippen LogP contribution in [0.2, 0.25) is 0 Å². The number of hydrogen-bond acceptors (Lipinski definition) is 2. The van der Waals surface area contributed by atoms with Crippen LogP contribution in [0.15, 0.2) is 134 Å². The van der Waals surface area contributed by atoms with E-state index in [-0.39, 0.29) is 22.4 Å². The molecule has 0 aromatic heterocycles. The zero-order valence-corrected chi connectivity index (χ0v) is 19.1. The van der Waals surface area contributed by atoms with E-state index in [1.807, 2.05) is 97.1 Å². The Kier molecular flexibility index (Phi) is 8.56. The van der Waals surface area contributed by atoms with Crippen LogP contribution in [0.3, 0.4) is 0 Å². The van der Waals surface area contributed by atoms with Crippen LogP contribution in [0.4, 0.5) is 22.7 Å². The Hall–Kier alpha value is -3.24. The van der Waals surface area contributed by atoms with Crippen molar-refractivity contribution < 1.29 is 22.4 Å². The topological polar surface area (TPSA) is 20.6 Å². The molecule has 0 saturated heterocycles. The summed E-state index contributed by atoms with van der Waals surface area (Å²) < 4.78 is 0. The average Bonchev–Trinajstić information content (AvgIpc) is 3.33. The van der Waals surface area contributed by atoms with Crippen LogP contribution in [0, 0.1) is 6.67 Å². The summed E-state index contributed by atoms with van der Waals surface area (Å²) in [6.07, 6.45) is 4.12. The zero-order valence-electron chi connectivity index (χ0n) is 16.9. The number of benzene rings is 4. The third-order valence-corrected chi connectivity index (χ3v) is 4.52. The van der Waals surface area contributed by atoms with E-state index in [9.17, 15) is 0 Å². The second-order valence-electron chi connectivity index (χ2n) is 6.68. The van der Waals surface area contributed by atoms with Gasteiger partial charge in [0.25, 0.3) is 0 Å². The number of nitrogens with zero attached hydrogens (tertiary/aromatic N) is 3. The van der Waals surface area contributed by atoms with Gasteiger partial charge in [0.2, 0.25) is 0 Å². The minimum absolute atomic E-state index is 0. The number of rotatable bonds is 4. The summed E-state index contributed by atoms with van der Waals surface area (Å²) in [5.41, 5.74) is 4.33. The van der Waals surface area contributed by atoms with Crippen molar-refractivity contribution in [3.8, 4) is 0 Å². The van der Waals surface area contributed by atoms with Crippen LogP contribution >= 0.6 is 0 Å². The Morgan fingerprint density at radius 3 is 1.13 bits per heavy atom. The Morgan fingerprint density at radius 1 is 0.452 bits per heavy atom. The summed E-state index contributed by atoms with van der Waals surface area (Å²) in [6, 6.07) is 40.5. The first-order valence-corrected chi connectivity index (χ1v) is 9.90. The van der Waals surface area contributed by atoms with E-state index in [2.05, 4.69) is 58.5 Å². The fourth-order valence-corrected chi connectivity index (χ4v) is 3.01. The first kappa shape index (κ1) is 22.4. The number of hydrogen-bond donors (Lipinski definition) is 0. The fraction of sp³-hybridized carbons (Fsp3) is 0. The monoisotopic (exact) mass is 586 g/mol. The third kappa shape index (κ3) is 6.63. The Bertz CT molecular complexity index is 954. The molecular weight excluding hydrogens is 563 g/mol. The van der Waals surface area contributed by atoms with E-state index >= 15 is 0 Å². The molecule has 0 N–H and O–H groups in total. The molecule has 0 unspecified atom stereocenters. The average molecular weight is 586 g/mol. The van der Waals surface area contributed by atoms with Crippen LogP contribution in [-0.2, 0) is 22.4 Å². The van der Waals surface area contributed by atoms with Gasteiger partial charge in [0, 0.05) is 33.8 Å². The molecule has 0 spiro atoms. The first-order chi connectivity index (χ1) is 14.9. The predicted octanol–water partition coefficient (Wildman–Crippen LogP) is 7.62. The Balaban J connectivity index is 0.000000176. The summed E-state index contributed by atoms with van der Waals surface area (Å²) in [5.74, 6) is 0. The molecule has 0 saturated carbocycles. The molecule has 1 aliphatic heterocycles. The van der Waals surface area contributed by atoms with Gasteiger partial charge in [-0.05, 0) is 36.7 Å². The second-order valence-corrected chi connectivity index (χ2v) is 6.68. The van der Waals surface area contributed by atoms with Crippen LogP contribution in [0.5, 0.6) is 0 Å². The molecule has 1 radical (unpaired) electrons. The summed E-state index contributed by atoms with van der Waals surface area (Å²) in [7, 11) is 0. The van der Waals surface area contributed by atoms with E-state index in [0.29, 0.717) is 0 Å². The Labute approximate surface area is 200 Å². The van der Waals surface area contributed by atoms with Gasteiger partial charge in [-0.3, -0.25) is 0 Å².